The molecule has 0 aliphatic rings. The fraction of sp³-hybridized carbons (Fsp3) is 0.818. The van der Waals surface area contributed by atoms with E-state index in [4.69, 9.17) is 4.74 Å². The monoisotopic (exact) mass is 216 g/mol. The van der Waals surface area contributed by atoms with E-state index in [9.17, 15) is 9.59 Å². The molecule has 0 heterocycles. The van der Waals surface area contributed by atoms with Gasteiger partial charge in [0.2, 0.25) is 0 Å². The van der Waals surface area contributed by atoms with Crippen molar-refractivity contribution in [1.29, 1.82) is 0 Å². The third kappa shape index (κ3) is 9.41. The molecule has 0 amide bonds. The minimum Gasteiger partial charge on any atom is -0.466 e. The zero-order valence-corrected chi connectivity index (χ0v) is 9.58. The number of carbonyl (C=O) groups excluding carboxylic acids is 2. The zero-order valence-electron chi connectivity index (χ0n) is 9.58. The van der Waals surface area contributed by atoms with Gasteiger partial charge in [-0.25, -0.2) is 0 Å². The van der Waals surface area contributed by atoms with Crippen LogP contribution in [0.5, 0.6) is 0 Å². The molecule has 0 atom stereocenters. The molecule has 0 unspecified atom stereocenters. The summed E-state index contributed by atoms with van der Waals surface area (Å²) in [6.45, 7) is 4.73. The van der Waals surface area contributed by atoms with Crippen LogP contribution in [0.1, 0.15) is 39.5 Å². The van der Waals surface area contributed by atoms with Crippen molar-refractivity contribution in [3.05, 3.63) is 0 Å². The quantitative estimate of drug-likeness (QED) is 0.334. The molecular formula is C11H20O4. The molecule has 0 saturated heterocycles. The summed E-state index contributed by atoms with van der Waals surface area (Å²) in [5.41, 5.74) is 0. The van der Waals surface area contributed by atoms with E-state index in [0.717, 1.165) is 19.3 Å². The van der Waals surface area contributed by atoms with Gasteiger partial charge in [-0.2, -0.15) is 0 Å². The molecule has 0 radical (unpaired) electrons. The summed E-state index contributed by atoms with van der Waals surface area (Å²) >= 11 is 0. The summed E-state index contributed by atoms with van der Waals surface area (Å²) in [6, 6.07) is 0. The average molecular weight is 216 g/mol. The number of carbonyl (C=O) groups is 2. The number of Topliss-reactive ketones (excluding diaryl/α,β-unsaturated/α-hetero) is 1. The molecule has 0 bridgehead atoms. The molecule has 0 saturated carbocycles. The first-order chi connectivity index (χ1) is 7.20. The van der Waals surface area contributed by atoms with Crippen LogP contribution in [0, 0.1) is 0 Å². The Balaban J connectivity index is 3.37. The van der Waals surface area contributed by atoms with Crippen LogP contribution in [0.25, 0.3) is 0 Å². The molecule has 15 heavy (non-hydrogen) atoms. The maximum Gasteiger partial charge on any atom is 0.313 e. The Morgan fingerprint density at radius 1 is 1.13 bits per heavy atom. The standard InChI is InChI=1S/C11H20O4/c1-3-5-6-7-14-9-10(12)8-11(13)15-4-2/h3-9H2,1-2H3. The predicted molar refractivity (Wildman–Crippen MR) is 56.6 cm³/mol. The first-order valence-electron chi connectivity index (χ1n) is 5.45. The Bertz CT molecular complexity index is 189. The number of unbranched alkanes of at least 4 members (excludes halogenated alkanes) is 2. The van der Waals surface area contributed by atoms with Crippen LogP contribution in [0.2, 0.25) is 0 Å². The first kappa shape index (κ1) is 14.1. The van der Waals surface area contributed by atoms with Crippen molar-refractivity contribution in [2.24, 2.45) is 0 Å². The molecule has 0 aromatic rings. The summed E-state index contributed by atoms with van der Waals surface area (Å²) < 4.78 is 9.76. The Labute approximate surface area is 90.9 Å². The van der Waals surface area contributed by atoms with Gasteiger partial charge in [0.05, 0.1) is 6.61 Å². The molecule has 0 aliphatic heterocycles. The lowest BCUT2D eigenvalue weighted by Gasteiger charge is -2.03. The Kier molecular flexibility index (Phi) is 9.07. The van der Waals surface area contributed by atoms with Gasteiger partial charge >= 0.3 is 5.97 Å². The zero-order chi connectivity index (χ0) is 11.5. The van der Waals surface area contributed by atoms with E-state index >= 15 is 0 Å². The number of hydrogen-bond donors (Lipinski definition) is 0. The fourth-order valence-corrected chi connectivity index (χ4v) is 1.06. The molecular weight excluding hydrogens is 196 g/mol. The lowest BCUT2D eigenvalue weighted by Crippen LogP contribution is -2.16. The highest BCUT2D eigenvalue weighted by atomic mass is 16.5. The maximum atomic E-state index is 11.1. The van der Waals surface area contributed by atoms with Gasteiger partial charge in [0.15, 0.2) is 5.78 Å². The maximum absolute atomic E-state index is 11.1. The predicted octanol–water partition coefficient (Wildman–Crippen LogP) is 1.72. The van der Waals surface area contributed by atoms with Gasteiger partial charge in [-0.05, 0) is 13.3 Å². The van der Waals surface area contributed by atoms with E-state index in [0.29, 0.717) is 13.2 Å². The van der Waals surface area contributed by atoms with Gasteiger partial charge in [0, 0.05) is 6.61 Å². The van der Waals surface area contributed by atoms with Gasteiger partial charge in [0.25, 0.3) is 0 Å². The van der Waals surface area contributed by atoms with E-state index in [2.05, 4.69) is 11.7 Å². The molecule has 0 aromatic carbocycles. The smallest absolute Gasteiger partial charge is 0.313 e. The largest absolute Gasteiger partial charge is 0.466 e. The lowest BCUT2D eigenvalue weighted by atomic mass is 10.2. The number of ketones is 1. The topological polar surface area (TPSA) is 52.6 Å². The van der Waals surface area contributed by atoms with Crippen molar-refractivity contribution in [2.75, 3.05) is 19.8 Å². The van der Waals surface area contributed by atoms with Crippen LogP contribution in [0.15, 0.2) is 0 Å². The molecule has 0 spiro atoms. The second-order valence-corrected chi connectivity index (χ2v) is 3.28. The second kappa shape index (κ2) is 9.65. The third-order valence-corrected chi connectivity index (χ3v) is 1.80. The van der Waals surface area contributed by atoms with Crippen molar-refractivity contribution in [3.8, 4) is 0 Å². The molecule has 4 heteroatoms. The van der Waals surface area contributed by atoms with Crippen molar-refractivity contribution in [2.45, 2.75) is 39.5 Å². The van der Waals surface area contributed by atoms with Crippen LogP contribution in [0.3, 0.4) is 0 Å². The van der Waals surface area contributed by atoms with Gasteiger partial charge in [0.1, 0.15) is 13.0 Å². The van der Waals surface area contributed by atoms with E-state index in [1.807, 2.05) is 0 Å². The fourth-order valence-electron chi connectivity index (χ4n) is 1.06. The molecule has 0 fully saturated rings. The van der Waals surface area contributed by atoms with Crippen LogP contribution in [0.4, 0.5) is 0 Å². The Hall–Kier alpha value is -0.900. The van der Waals surface area contributed by atoms with Crippen molar-refractivity contribution >= 4 is 11.8 Å². The number of ether oxygens (including phenoxy) is 2. The highest BCUT2D eigenvalue weighted by Gasteiger charge is 2.09. The molecule has 0 rings (SSSR count). The Morgan fingerprint density at radius 2 is 1.87 bits per heavy atom. The Morgan fingerprint density at radius 3 is 2.47 bits per heavy atom. The van der Waals surface area contributed by atoms with Crippen molar-refractivity contribution in [3.63, 3.8) is 0 Å². The number of rotatable bonds is 9. The highest BCUT2D eigenvalue weighted by Crippen LogP contribution is 1.95. The number of esters is 1. The van der Waals surface area contributed by atoms with Crippen molar-refractivity contribution in [1.82, 2.24) is 0 Å². The molecule has 0 N–H and O–H groups in total. The summed E-state index contributed by atoms with van der Waals surface area (Å²) in [5.74, 6) is -0.690. The van der Waals surface area contributed by atoms with E-state index in [1.165, 1.54) is 0 Å². The van der Waals surface area contributed by atoms with Crippen LogP contribution in [-0.4, -0.2) is 31.6 Å². The van der Waals surface area contributed by atoms with Crippen LogP contribution in [-0.2, 0) is 19.1 Å². The van der Waals surface area contributed by atoms with Crippen LogP contribution >= 0.6 is 0 Å². The van der Waals surface area contributed by atoms with Gasteiger partial charge in [-0.15, -0.1) is 0 Å². The van der Waals surface area contributed by atoms with Gasteiger partial charge < -0.3 is 9.47 Å². The van der Waals surface area contributed by atoms with E-state index in [-0.39, 0.29) is 18.8 Å². The molecule has 88 valence electrons. The van der Waals surface area contributed by atoms with E-state index < -0.39 is 5.97 Å². The minimum atomic E-state index is -0.473. The summed E-state index contributed by atoms with van der Waals surface area (Å²) in [6.07, 6.45) is 3.01. The first-order valence-corrected chi connectivity index (χ1v) is 5.45. The molecule has 0 aromatic heterocycles. The number of hydrogen-bond acceptors (Lipinski definition) is 4. The normalized spacial score (nSPS) is 10.0. The van der Waals surface area contributed by atoms with Crippen molar-refractivity contribution < 1.29 is 19.1 Å². The molecule has 0 aliphatic carbocycles. The molecule has 4 nitrogen and oxygen atoms in total. The lowest BCUT2D eigenvalue weighted by molar-refractivity contribution is -0.146. The second-order valence-electron chi connectivity index (χ2n) is 3.28. The third-order valence-electron chi connectivity index (χ3n) is 1.80. The average Bonchev–Trinajstić information content (AvgIpc) is 2.17. The van der Waals surface area contributed by atoms with Gasteiger partial charge in [-0.1, -0.05) is 19.8 Å². The van der Waals surface area contributed by atoms with Gasteiger partial charge in [-0.3, -0.25) is 9.59 Å². The van der Waals surface area contributed by atoms with E-state index in [1.54, 1.807) is 6.92 Å². The summed E-state index contributed by atoms with van der Waals surface area (Å²) in [7, 11) is 0. The minimum absolute atomic E-state index is 0.0164. The van der Waals surface area contributed by atoms with Crippen LogP contribution < -0.4 is 0 Å². The SMILES string of the molecule is CCCCCOCC(=O)CC(=O)OCC. The summed E-state index contributed by atoms with van der Waals surface area (Å²) in [4.78, 5) is 22.0. The highest BCUT2D eigenvalue weighted by molar-refractivity contribution is 5.96. The summed E-state index contributed by atoms with van der Waals surface area (Å²) in [5, 5.41) is 0.